The number of rotatable bonds is 3. The van der Waals surface area contributed by atoms with Crippen molar-refractivity contribution in [2.45, 2.75) is 20.4 Å². The van der Waals surface area contributed by atoms with Crippen LogP contribution in [0.4, 0.5) is 5.69 Å². The summed E-state index contributed by atoms with van der Waals surface area (Å²) in [5.74, 6) is -0.484. The molecule has 3 N–H and O–H groups in total. The quantitative estimate of drug-likeness (QED) is 0.477. The minimum atomic E-state index is -0.484. The number of hydrogen-bond donors (Lipinski definition) is 3. The Kier molecular flexibility index (Phi) is 5.46. The Labute approximate surface area is 161 Å². The number of aryl methyl sites for hydroxylation is 2. The van der Waals surface area contributed by atoms with E-state index >= 15 is 0 Å². The monoisotopic (exact) mass is 381 g/mol. The van der Waals surface area contributed by atoms with Crippen LogP contribution in [0.25, 0.3) is 10.8 Å². The first-order valence-electron chi connectivity index (χ1n) is 8.44. The predicted octanol–water partition coefficient (Wildman–Crippen LogP) is 2.36. The lowest BCUT2D eigenvalue weighted by atomic mass is 10.1. The topological polar surface area (TPSA) is 88.1 Å². The van der Waals surface area contributed by atoms with Crippen LogP contribution in [0.3, 0.4) is 0 Å². The number of carbonyl (C=O) groups excluding carboxylic acids is 1. The second-order valence-corrected chi connectivity index (χ2v) is 6.27. The molecule has 0 unspecified atom stereocenters. The van der Waals surface area contributed by atoms with Crippen LogP contribution in [0, 0.1) is 6.92 Å². The number of thiocarbonyl (C=S) groups is 1. The van der Waals surface area contributed by atoms with Gasteiger partial charge in [-0.2, -0.15) is 5.10 Å². The second kappa shape index (κ2) is 7.96. The van der Waals surface area contributed by atoms with Gasteiger partial charge >= 0.3 is 0 Å². The van der Waals surface area contributed by atoms with Crippen LogP contribution in [0.2, 0.25) is 0 Å². The molecular weight excluding hydrogens is 362 g/mol. The fourth-order valence-corrected chi connectivity index (χ4v) is 2.82. The largest absolute Gasteiger partial charge is 0.331 e. The molecule has 0 atom stereocenters. The number of hydrogen-bond acceptors (Lipinski definition) is 4. The van der Waals surface area contributed by atoms with Gasteiger partial charge in [-0.3, -0.25) is 20.4 Å². The molecule has 0 radical (unpaired) electrons. The zero-order chi connectivity index (χ0) is 19.4. The number of nitrogens with zero attached hydrogens (tertiary/aromatic N) is 2. The molecule has 0 fully saturated rings. The predicted molar refractivity (Wildman–Crippen MR) is 110 cm³/mol. The van der Waals surface area contributed by atoms with E-state index in [9.17, 15) is 9.59 Å². The summed E-state index contributed by atoms with van der Waals surface area (Å²) in [4.78, 5) is 25.0. The van der Waals surface area contributed by atoms with Crippen LogP contribution in [0.1, 0.15) is 23.0 Å². The minimum Gasteiger partial charge on any atom is -0.331 e. The molecule has 138 valence electrons. The number of benzene rings is 2. The summed E-state index contributed by atoms with van der Waals surface area (Å²) in [6, 6.07) is 14.5. The van der Waals surface area contributed by atoms with Gasteiger partial charge in [-0.1, -0.05) is 36.4 Å². The number of anilines is 1. The van der Waals surface area contributed by atoms with Crippen LogP contribution in [-0.2, 0) is 6.54 Å². The van der Waals surface area contributed by atoms with E-state index in [0.29, 0.717) is 17.3 Å². The van der Waals surface area contributed by atoms with Gasteiger partial charge in [0, 0.05) is 17.6 Å². The number of amides is 1. The van der Waals surface area contributed by atoms with Crippen LogP contribution in [-0.4, -0.2) is 20.8 Å². The summed E-state index contributed by atoms with van der Waals surface area (Å²) in [6.07, 6.45) is 0. The van der Waals surface area contributed by atoms with Crippen LogP contribution in [0.15, 0.2) is 53.3 Å². The van der Waals surface area contributed by atoms with Crippen molar-refractivity contribution < 1.29 is 4.79 Å². The van der Waals surface area contributed by atoms with Gasteiger partial charge < -0.3 is 5.32 Å². The maximum atomic E-state index is 12.6. The summed E-state index contributed by atoms with van der Waals surface area (Å²) in [6.45, 7) is 4.11. The molecule has 1 heterocycles. The number of fused-ring (bicyclic) bond motifs is 1. The van der Waals surface area contributed by atoms with Crippen molar-refractivity contribution in [1.29, 1.82) is 0 Å². The summed E-state index contributed by atoms with van der Waals surface area (Å²) >= 11 is 5.22. The van der Waals surface area contributed by atoms with Crippen molar-refractivity contribution in [2.75, 3.05) is 5.32 Å². The third-order valence-corrected chi connectivity index (χ3v) is 4.27. The molecule has 0 saturated carbocycles. The third-order valence-electron chi connectivity index (χ3n) is 4.07. The van der Waals surface area contributed by atoms with Crippen molar-refractivity contribution in [3.05, 3.63) is 70.1 Å². The number of para-hydroxylation sites is 1. The Bertz CT molecular complexity index is 1080. The lowest BCUT2D eigenvalue weighted by molar-refractivity contribution is 0.0938. The first-order chi connectivity index (χ1) is 13.0. The van der Waals surface area contributed by atoms with E-state index in [0.717, 1.165) is 11.3 Å². The molecule has 27 heavy (non-hydrogen) atoms. The lowest BCUT2D eigenvalue weighted by Gasteiger charge is -2.14. The SMILES string of the molecule is CCn1nc(C(=O)NNC(=S)Nc2ccccc2C)c2ccccc2c1=O. The molecule has 0 bridgehead atoms. The van der Waals surface area contributed by atoms with E-state index < -0.39 is 5.91 Å². The van der Waals surface area contributed by atoms with Gasteiger partial charge in [0.15, 0.2) is 10.8 Å². The summed E-state index contributed by atoms with van der Waals surface area (Å²) in [5, 5.41) is 8.38. The molecule has 0 spiro atoms. The average Bonchev–Trinajstić information content (AvgIpc) is 2.68. The molecule has 2 aromatic carbocycles. The number of aromatic nitrogens is 2. The molecule has 3 aromatic rings. The highest BCUT2D eigenvalue weighted by atomic mass is 32.1. The molecule has 3 rings (SSSR count). The lowest BCUT2D eigenvalue weighted by Crippen LogP contribution is -2.44. The normalized spacial score (nSPS) is 10.4. The smallest absolute Gasteiger partial charge is 0.290 e. The van der Waals surface area contributed by atoms with Gasteiger partial charge in [0.05, 0.1) is 5.39 Å². The van der Waals surface area contributed by atoms with E-state index in [1.54, 1.807) is 31.2 Å². The first-order valence-corrected chi connectivity index (χ1v) is 8.85. The van der Waals surface area contributed by atoms with Crippen molar-refractivity contribution in [3.8, 4) is 0 Å². The van der Waals surface area contributed by atoms with Gasteiger partial charge in [-0.05, 0) is 43.8 Å². The van der Waals surface area contributed by atoms with Crippen molar-refractivity contribution in [3.63, 3.8) is 0 Å². The van der Waals surface area contributed by atoms with E-state index in [2.05, 4.69) is 21.3 Å². The van der Waals surface area contributed by atoms with Crippen molar-refractivity contribution in [2.24, 2.45) is 0 Å². The Morgan fingerprint density at radius 2 is 1.74 bits per heavy atom. The number of carbonyl (C=O) groups is 1. The number of nitrogens with one attached hydrogen (secondary N) is 3. The Balaban J connectivity index is 1.79. The van der Waals surface area contributed by atoms with Gasteiger partial charge in [-0.25, -0.2) is 4.68 Å². The van der Waals surface area contributed by atoms with Crippen LogP contribution < -0.4 is 21.7 Å². The Hall–Kier alpha value is -3.26. The standard InChI is InChI=1S/C19H19N5O2S/c1-3-24-18(26)14-10-6-5-9-13(14)16(23-24)17(25)21-22-19(27)20-15-11-7-4-8-12(15)2/h4-11H,3H2,1-2H3,(H,21,25)(H2,20,22,27). The maximum absolute atomic E-state index is 12.6. The molecule has 1 amide bonds. The maximum Gasteiger partial charge on any atom is 0.290 e. The fraction of sp³-hybridized carbons (Fsp3) is 0.158. The molecular formula is C19H19N5O2S. The van der Waals surface area contributed by atoms with Crippen molar-refractivity contribution >= 4 is 39.7 Å². The van der Waals surface area contributed by atoms with Gasteiger partial charge in [-0.15, -0.1) is 0 Å². The van der Waals surface area contributed by atoms with Gasteiger partial charge in [0.2, 0.25) is 0 Å². The van der Waals surface area contributed by atoms with E-state index in [1.165, 1.54) is 4.68 Å². The molecule has 7 nitrogen and oxygen atoms in total. The summed E-state index contributed by atoms with van der Waals surface area (Å²) in [7, 11) is 0. The van der Waals surface area contributed by atoms with Crippen molar-refractivity contribution in [1.82, 2.24) is 20.6 Å². The van der Waals surface area contributed by atoms with Gasteiger partial charge in [0.25, 0.3) is 11.5 Å². The fourth-order valence-electron chi connectivity index (χ4n) is 2.66. The van der Waals surface area contributed by atoms with E-state index in [4.69, 9.17) is 12.2 Å². The molecule has 8 heteroatoms. The molecule has 0 aliphatic heterocycles. The highest BCUT2D eigenvalue weighted by Crippen LogP contribution is 2.14. The molecule has 0 saturated heterocycles. The van der Waals surface area contributed by atoms with Crippen LogP contribution in [0.5, 0.6) is 0 Å². The zero-order valence-electron chi connectivity index (χ0n) is 14.9. The highest BCUT2D eigenvalue weighted by molar-refractivity contribution is 7.80. The molecule has 0 aliphatic rings. The third kappa shape index (κ3) is 3.95. The highest BCUT2D eigenvalue weighted by Gasteiger charge is 2.16. The van der Waals surface area contributed by atoms with Crippen LogP contribution >= 0.6 is 12.2 Å². The van der Waals surface area contributed by atoms with Gasteiger partial charge in [0.1, 0.15) is 0 Å². The van der Waals surface area contributed by atoms with E-state index in [1.807, 2.05) is 31.2 Å². The average molecular weight is 381 g/mol. The number of hydrazine groups is 1. The zero-order valence-corrected chi connectivity index (χ0v) is 15.8. The first kappa shape index (κ1) is 18.5. The molecule has 0 aliphatic carbocycles. The van der Waals surface area contributed by atoms with E-state index in [-0.39, 0.29) is 16.4 Å². The Morgan fingerprint density at radius 1 is 1.07 bits per heavy atom. The summed E-state index contributed by atoms with van der Waals surface area (Å²) < 4.78 is 1.27. The Morgan fingerprint density at radius 3 is 2.44 bits per heavy atom. The minimum absolute atomic E-state index is 0.151. The second-order valence-electron chi connectivity index (χ2n) is 5.86. The summed E-state index contributed by atoms with van der Waals surface area (Å²) in [5.41, 5.74) is 6.99. The molecule has 1 aromatic heterocycles.